The molecule has 0 fully saturated rings. The summed E-state index contributed by atoms with van der Waals surface area (Å²) < 4.78 is 31.6. The summed E-state index contributed by atoms with van der Waals surface area (Å²) in [7, 11) is 0. The first-order chi connectivity index (χ1) is 10.4. The molecule has 22 heavy (non-hydrogen) atoms. The fraction of sp³-hybridized carbons (Fsp3) is 0.188. The van der Waals surface area contributed by atoms with Crippen molar-refractivity contribution in [2.24, 2.45) is 0 Å². The fourth-order valence-corrected chi connectivity index (χ4v) is 1.88. The highest BCUT2D eigenvalue weighted by Gasteiger charge is 2.27. The van der Waals surface area contributed by atoms with Gasteiger partial charge in [-0.3, -0.25) is 4.79 Å². The molecule has 0 spiro atoms. The number of furan rings is 1. The van der Waals surface area contributed by atoms with E-state index in [0.717, 1.165) is 12.1 Å². The smallest absolute Gasteiger partial charge is 0.244 e. The summed E-state index contributed by atoms with van der Waals surface area (Å²) in [6.45, 7) is 1.11. The second kappa shape index (κ2) is 6.53. The minimum atomic E-state index is -1.66. The number of rotatable bonds is 5. The monoisotopic (exact) mass is 307 g/mol. The van der Waals surface area contributed by atoms with Crippen LogP contribution in [0.15, 0.2) is 47.1 Å². The first-order valence-corrected chi connectivity index (χ1v) is 6.56. The quantitative estimate of drug-likeness (QED) is 0.835. The third-order valence-corrected chi connectivity index (χ3v) is 3.06. The number of halogens is 2. The van der Waals surface area contributed by atoms with Gasteiger partial charge in [0, 0.05) is 17.7 Å². The van der Waals surface area contributed by atoms with Crippen molar-refractivity contribution in [2.75, 3.05) is 6.54 Å². The molecule has 0 aliphatic carbocycles. The number of carbonyl (C=O) groups is 1. The molecule has 1 amide bonds. The van der Waals surface area contributed by atoms with Crippen LogP contribution in [0.25, 0.3) is 6.08 Å². The largest absolute Gasteiger partial charge is 0.465 e. The maximum absolute atomic E-state index is 13.7. The average Bonchev–Trinajstić information content (AvgIpc) is 2.96. The van der Waals surface area contributed by atoms with Crippen LogP contribution in [-0.4, -0.2) is 17.6 Å². The normalized spacial score (nSPS) is 14.0. The van der Waals surface area contributed by atoms with E-state index < -0.39 is 23.1 Å². The lowest BCUT2D eigenvalue weighted by atomic mass is 9.95. The molecule has 0 bridgehead atoms. The summed E-state index contributed by atoms with van der Waals surface area (Å²) in [5, 5.41) is 12.7. The number of amides is 1. The Labute approximate surface area is 126 Å². The van der Waals surface area contributed by atoms with Crippen LogP contribution in [0.2, 0.25) is 0 Å². The Morgan fingerprint density at radius 3 is 2.82 bits per heavy atom. The zero-order valence-corrected chi connectivity index (χ0v) is 11.8. The average molecular weight is 307 g/mol. The Morgan fingerprint density at radius 1 is 1.41 bits per heavy atom. The molecule has 1 heterocycles. The Kier molecular flexibility index (Phi) is 4.72. The molecular weight excluding hydrogens is 292 g/mol. The number of benzene rings is 1. The van der Waals surface area contributed by atoms with Crippen LogP contribution in [0, 0.1) is 11.6 Å². The first-order valence-electron chi connectivity index (χ1n) is 6.56. The molecule has 2 N–H and O–H groups in total. The molecule has 0 saturated heterocycles. The molecule has 1 atom stereocenters. The predicted octanol–water partition coefficient (Wildman–Crippen LogP) is 2.59. The van der Waals surface area contributed by atoms with Crippen molar-refractivity contribution in [3.63, 3.8) is 0 Å². The summed E-state index contributed by atoms with van der Waals surface area (Å²) in [5.41, 5.74) is -1.75. The lowest BCUT2D eigenvalue weighted by Gasteiger charge is -2.24. The van der Waals surface area contributed by atoms with Crippen molar-refractivity contribution < 1.29 is 23.1 Å². The van der Waals surface area contributed by atoms with E-state index in [9.17, 15) is 18.7 Å². The molecule has 0 radical (unpaired) electrons. The highest BCUT2D eigenvalue weighted by molar-refractivity contribution is 5.91. The van der Waals surface area contributed by atoms with Crippen LogP contribution in [-0.2, 0) is 10.4 Å². The van der Waals surface area contributed by atoms with Crippen LogP contribution in [0.4, 0.5) is 8.78 Å². The Bertz CT molecular complexity index is 679. The highest BCUT2D eigenvalue weighted by atomic mass is 19.1. The summed E-state index contributed by atoms with van der Waals surface area (Å²) in [4.78, 5) is 11.7. The standard InChI is InChI=1S/C16H15F2NO3/c1-16(21,13-6-4-11(17)9-14(13)18)10-19-15(20)7-5-12-3-2-8-22-12/h2-9,21H,10H2,1H3,(H,19,20)/b7-5-/t16-/m1/s1. The molecule has 1 aromatic carbocycles. The van der Waals surface area contributed by atoms with Crippen molar-refractivity contribution in [3.8, 4) is 0 Å². The topological polar surface area (TPSA) is 62.5 Å². The van der Waals surface area contributed by atoms with Gasteiger partial charge in [0.05, 0.1) is 12.8 Å². The Balaban J connectivity index is 1.98. The van der Waals surface area contributed by atoms with Gasteiger partial charge in [0.25, 0.3) is 0 Å². The van der Waals surface area contributed by atoms with Crippen molar-refractivity contribution >= 4 is 12.0 Å². The third-order valence-electron chi connectivity index (χ3n) is 3.06. The lowest BCUT2D eigenvalue weighted by Crippen LogP contribution is -2.38. The molecule has 2 aromatic rings. The minimum absolute atomic E-state index is 0.0933. The molecule has 2 rings (SSSR count). The molecule has 0 aliphatic heterocycles. The van der Waals surface area contributed by atoms with Crippen LogP contribution in [0.1, 0.15) is 18.2 Å². The number of carbonyl (C=O) groups excluding carboxylic acids is 1. The van der Waals surface area contributed by atoms with E-state index in [4.69, 9.17) is 4.42 Å². The van der Waals surface area contributed by atoms with Crippen LogP contribution < -0.4 is 5.32 Å². The van der Waals surface area contributed by atoms with Crippen molar-refractivity contribution in [1.82, 2.24) is 5.32 Å². The van der Waals surface area contributed by atoms with E-state index >= 15 is 0 Å². The Hall–Kier alpha value is -2.47. The van der Waals surface area contributed by atoms with Gasteiger partial charge in [0.2, 0.25) is 5.91 Å². The number of hydrogen-bond donors (Lipinski definition) is 2. The van der Waals surface area contributed by atoms with Gasteiger partial charge < -0.3 is 14.8 Å². The van der Waals surface area contributed by atoms with E-state index in [1.807, 2.05) is 0 Å². The molecule has 0 saturated carbocycles. The van der Waals surface area contributed by atoms with E-state index in [1.165, 1.54) is 25.3 Å². The summed E-state index contributed by atoms with van der Waals surface area (Å²) >= 11 is 0. The zero-order chi connectivity index (χ0) is 16.2. The highest BCUT2D eigenvalue weighted by Crippen LogP contribution is 2.23. The summed E-state index contributed by atoms with van der Waals surface area (Å²) in [5.74, 6) is -1.57. The molecule has 4 nitrogen and oxygen atoms in total. The number of nitrogens with one attached hydrogen (secondary N) is 1. The Morgan fingerprint density at radius 2 is 2.18 bits per heavy atom. The molecule has 1 aromatic heterocycles. The molecular formula is C16H15F2NO3. The van der Waals surface area contributed by atoms with E-state index in [0.29, 0.717) is 11.8 Å². The maximum Gasteiger partial charge on any atom is 0.244 e. The number of aliphatic hydroxyl groups is 1. The van der Waals surface area contributed by atoms with E-state index in [2.05, 4.69) is 5.32 Å². The van der Waals surface area contributed by atoms with Gasteiger partial charge in [-0.05, 0) is 31.2 Å². The van der Waals surface area contributed by atoms with Crippen LogP contribution in [0.3, 0.4) is 0 Å². The van der Waals surface area contributed by atoms with Gasteiger partial charge in [-0.25, -0.2) is 8.78 Å². The third kappa shape index (κ3) is 4.02. The van der Waals surface area contributed by atoms with Crippen LogP contribution in [0.5, 0.6) is 0 Å². The van der Waals surface area contributed by atoms with Gasteiger partial charge in [-0.1, -0.05) is 6.07 Å². The van der Waals surface area contributed by atoms with Gasteiger partial charge in [-0.15, -0.1) is 0 Å². The van der Waals surface area contributed by atoms with Crippen molar-refractivity contribution in [2.45, 2.75) is 12.5 Å². The lowest BCUT2D eigenvalue weighted by molar-refractivity contribution is -0.117. The predicted molar refractivity (Wildman–Crippen MR) is 76.7 cm³/mol. The molecule has 6 heteroatoms. The van der Waals surface area contributed by atoms with Gasteiger partial charge in [0.15, 0.2) is 0 Å². The van der Waals surface area contributed by atoms with Gasteiger partial charge in [-0.2, -0.15) is 0 Å². The molecule has 116 valence electrons. The van der Waals surface area contributed by atoms with Gasteiger partial charge >= 0.3 is 0 Å². The number of hydrogen-bond acceptors (Lipinski definition) is 3. The van der Waals surface area contributed by atoms with Crippen molar-refractivity contribution in [3.05, 3.63) is 65.6 Å². The minimum Gasteiger partial charge on any atom is -0.465 e. The van der Waals surface area contributed by atoms with Crippen LogP contribution >= 0.6 is 0 Å². The second-order valence-electron chi connectivity index (χ2n) is 4.96. The molecule has 0 unspecified atom stereocenters. The van der Waals surface area contributed by atoms with Crippen molar-refractivity contribution in [1.29, 1.82) is 0 Å². The van der Waals surface area contributed by atoms with E-state index in [1.54, 1.807) is 12.1 Å². The summed E-state index contributed by atoms with van der Waals surface area (Å²) in [6, 6.07) is 6.23. The summed E-state index contributed by atoms with van der Waals surface area (Å²) in [6.07, 6.45) is 4.16. The zero-order valence-electron chi connectivity index (χ0n) is 11.8. The molecule has 0 aliphatic rings. The fourth-order valence-electron chi connectivity index (χ4n) is 1.88. The second-order valence-corrected chi connectivity index (χ2v) is 4.96. The van der Waals surface area contributed by atoms with Gasteiger partial charge in [0.1, 0.15) is 23.0 Å². The SMILES string of the molecule is C[C@@](O)(CNC(=O)/C=C\c1ccco1)c1ccc(F)cc1F. The first kappa shape index (κ1) is 15.9. The van der Waals surface area contributed by atoms with E-state index in [-0.39, 0.29) is 12.1 Å². The maximum atomic E-state index is 13.7.